The van der Waals surface area contributed by atoms with E-state index in [-0.39, 0.29) is 12.1 Å². The quantitative estimate of drug-likeness (QED) is 0.749. The summed E-state index contributed by atoms with van der Waals surface area (Å²) in [4.78, 5) is 13.5. The Kier molecular flexibility index (Phi) is 3.52. The van der Waals surface area contributed by atoms with Gasteiger partial charge in [0.1, 0.15) is 11.9 Å². The van der Waals surface area contributed by atoms with E-state index in [1.54, 1.807) is 6.92 Å². The van der Waals surface area contributed by atoms with Gasteiger partial charge < -0.3 is 14.4 Å². The number of hydrogen-bond donors (Lipinski definition) is 0. The van der Waals surface area contributed by atoms with Gasteiger partial charge in [0.15, 0.2) is 0 Å². The first-order valence-corrected chi connectivity index (χ1v) is 5.83. The van der Waals surface area contributed by atoms with Gasteiger partial charge in [-0.3, -0.25) is 4.79 Å². The fourth-order valence-electron chi connectivity index (χ4n) is 2.00. The second kappa shape index (κ2) is 5.08. The summed E-state index contributed by atoms with van der Waals surface area (Å²) in [5.41, 5.74) is 1.06. The van der Waals surface area contributed by atoms with Gasteiger partial charge in [-0.25, -0.2) is 0 Å². The first-order chi connectivity index (χ1) is 8.20. The molecular weight excluding hydrogens is 218 g/mol. The SMILES string of the molecule is CCOC(=O)CC1CN(C)c2ccccc2O1. The van der Waals surface area contributed by atoms with Crippen LogP contribution in [0.4, 0.5) is 5.69 Å². The summed E-state index contributed by atoms with van der Waals surface area (Å²) < 4.78 is 10.7. The Labute approximate surface area is 101 Å². The molecule has 1 aromatic rings. The first kappa shape index (κ1) is 11.8. The van der Waals surface area contributed by atoms with Crippen LogP contribution in [0.2, 0.25) is 0 Å². The lowest BCUT2D eigenvalue weighted by Gasteiger charge is -2.33. The van der Waals surface area contributed by atoms with Gasteiger partial charge in [-0.05, 0) is 19.1 Å². The largest absolute Gasteiger partial charge is 0.486 e. The maximum Gasteiger partial charge on any atom is 0.309 e. The van der Waals surface area contributed by atoms with Crippen LogP contribution in [0.1, 0.15) is 13.3 Å². The molecule has 0 aliphatic carbocycles. The molecule has 1 aliphatic rings. The van der Waals surface area contributed by atoms with E-state index in [1.807, 2.05) is 31.3 Å². The zero-order chi connectivity index (χ0) is 12.3. The van der Waals surface area contributed by atoms with Crippen molar-refractivity contribution in [2.45, 2.75) is 19.4 Å². The third kappa shape index (κ3) is 2.70. The molecule has 2 rings (SSSR count). The fourth-order valence-corrected chi connectivity index (χ4v) is 2.00. The number of ether oxygens (including phenoxy) is 2. The third-order valence-corrected chi connectivity index (χ3v) is 2.75. The maximum absolute atomic E-state index is 11.4. The smallest absolute Gasteiger partial charge is 0.309 e. The number of likely N-dealkylation sites (N-methyl/N-ethyl adjacent to an activating group) is 1. The average molecular weight is 235 g/mol. The molecule has 0 saturated heterocycles. The fraction of sp³-hybridized carbons (Fsp3) is 0.462. The highest BCUT2D eigenvalue weighted by molar-refractivity contribution is 5.70. The lowest BCUT2D eigenvalue weighted by molar-refractivity contribution is -0.144. The van der Waals surface area contributed by atoms with Gasteiger partial charge in [-0.2, -0.15) is 0 Å². The van der Waals surface area contributed by atoms with Crippen LogP contribution in [0.15, 0.2) is 24.3 Å². The van der Waals surface area contributed by atoms with E-state index in [0.717, 1.165) is 11.4 Å². The molecule has 0 saturated carbocycles. The molecule has 0 spiro atoms. The maximum atomic E-state index is 11.4. The predicted octanol–water partition coefficient (Wildman–Crippen LogP) is 1.84. The van der Waals surface area contributed by atoms with E-state index >= 15 is 0 Å². The molecule has 0 radical (unpaired) electrons. The summed E-state index contributed by atoms with van der Waals surface area (Å²) in [5, 5.41) is 0. The van der Waals surface area contributed by atoms with E-state index in [1.165, 1.54) is 0 Å². The molecule has 0 aromatic heterocycles. The summed E-state index contributed by atoms with van der Waals surface area (Å²) in [6.45, 7) is 2.93. The van der Waals surface area contributed by atoms with Crippen LogP contribution in [-0.2, 0) is 9.53 Å². The topological polar surface area (TPSA) is 38.8 Å². The van der Waals surface area contributed by atoms with Gasteiger partial charge in [0, 0.05) is 7.05 Å². The molecule has 1 aromatic carbocycles. The number of carbonyl (C=O) groups excluding carboxylic acids is 1. The molecule has 0 N–H and O–H groups in total. The van der Waals surface area contributed by atoms with Crippen molar-refractivity contribution in [1.29, 1.82) is 0 Å². The van der Waals surface area contributed by atoms with Crippen molar-refractivity contribution in [2.75, 3.05) is 25.1 Å². The monoisotopic (exact) mass is 235 g/mol. The van der Waals surface area contributed by atoms with Gasteiger partial charge in [0.25, 0.3) is 0 Å². The van der Waals surface area contributed by atoms with Crippen molar-refractivity contribution < 1.29 is 14.3 Å². The van der Waals surface area contributed by atoms with Crippen LogP contribution >= 0.6 is 0 Å². The zero-order valence-electron chi connectivity index (χ0n) is 10.2. The van der Waals surface area contributed by atoms with Crippen molar-refractivity contribution in [3.8, 4) is 5.75 Å². The van der Waals surface area contributed by atoms with E-state index in [2.05, 4.69) is 4.90 Å². The number of benzene rings is 1. The highest BCUT2D eigenvalue weighted by Crippen LogP contribution is 2.32. The van der Waals surface area contributed by atoms with E-state index < -0.39 is 0 Å². The number of para-hydroxylation sites is 2. The van der Waals surface area contributed by atoms with Crippen LogP contribution in [0.25, 0.3) is 0 Å². The molecule has 1 aliphatic heterocycles. The Hall–Kier alpha value is -1.71. The van der Waals surface area contributed by atoms with Gasteiger partial charge >= 0.3 is 5.97 Å². The molecule has 4 nitrogen and oxygen atoms in total. The number of rotatable bonds is 3. The molecule has 1 heterocycles. The second-order valence-corrected chi connectivity index (χ2v) is 4.10. The van der Waals surface area contributed by atoms with E-state index in [4.69, 9.17) is 9.47 Å². The van der Waals surface area contributed by atoms with Crippen molar-refractivity contribution in [3.05, 3.63) is 24.3 Å². The molecule has 92 valence electrons. The molecule has 17 heavy (non-hydrogen) atoms. The van der Waals surface area contributed by atoms with Gasteiger partial charge in [0.2, 0.25) is 0 Å². The van der Waals surface area contributed by atoms with Crippen molar-refractivity contribution in [2.24, 2.45) is 0 Å². The molecule has 1 unspecified atom stereocenters. The van der Waals surface area contributed by atoms with Crippen LogP contribution in [0.5, 0.6) is 5.75 Å². The predicted molar refractivity (Wildman–Crippen MR) is 65.4 cm³/mol. The highest BCUT2D eigenvalue weighted by Gasteiger charge is 2.25. The number of nitrogens with zero attached hydrogens (tertiary/aromatic N) is 1. The van der Waals surface area contributed by atoms with E-state index in [0.29, 0.717) is 19.6 Å². The van der Waals surface area contributed by atoms with Crippen LogP contribution < -0.4 is 9.64 Å². The number of esters is 1. The molecular formula is C13H17NO3. The normalized spacial score (nSPS) is 18.2. The molecule has 1 atom stereocenters. The van der Waals surface area contributed by atoms with Crippen LogP contribution in [0, 0.1) is 0 Å². The van der Waals surface area contributed by atoms with Gasteiger partial charge in [-0.1, -0.05) is 12.1 Å². The minimum absolute atomic E-state index is 0.131. The summed E-state index contributed by atoms with van der Waals surface area (Å²) in [6.07, 6.45) is 0.168. The highest BCUT2D eigenvalue weighted by atomic mass is 16.5. The Balaban J connectivity index is 2.04. The number of hydrogen-bond acceptors (Lipinski definition) is 4. The number of anilines is 1. The van der Waals surface area contributed by atoms with Crippen LogP contribution in [-0.4, -0.2) is 32.3 Å². The lowest BCUT2D eigenvalue weighted by Crippen LogP contribution is -2.39. The summed E-state index contributed by atoms with van der Waals surface area (Å²) in [7, 11) is 2.00. The lowest BCUT2D eigenvalue weighted by atomic mass is 10.1. The number of carbonyl (C=O) groups is 1. The minimum atomic E-state index is -0.203. The average Bonchev–Trinajstić information content (AvgIpc) is 2.29. The summed E-state index contributed by atoms with van der Waals surface area (Å²) in [5.74, 6) is 0.626. The Morgan fingerprint density at radius 1 is 1.53 bits per heavy atom. The Morgan fingerprint density at radius 3 is 3.06 bits per heavy atom. The summed E-state index contributed by atoms with van der Waals surface area (Å²) in [6, 6.07) is 7.84. The standard InChI is InChI=1S/C13H17NO3/c1-3-16-13(15)8-10-9-14(2)11-6-4-5-7-12(11)17-10/h4-7,10H,3,8-9H2,1-2H3. The number of fused-ring (bicyclic) bond motifs is 1. The van der Waals surface area contributed by atoms with E-state index in [9.17, 15) is 4.79 Å². The Bertz CT molecular complexity index is 405. The molecule has 0 bridgehead atoms. The van der Waals surface area contributed by atoms with Crippen molar-refractivity contribution in [1.82, 2.24) is 0 Å². The summed E-state index contributed by atoms with van der Waals surface area (Å²) >= 11 is 0. The Morgan fingerprint density at radius 2 is 2.29 bits per heavy atom. The second-order valence-electron chi connectivity index (χ2n) is 4.10. The van der Waals surface area contributed by atoms with Gasteiger partial charge in [0.05, 0.1) is 25.3 Å². The molecule has 0 fully saturated rings. The third-order valence-electron chi connectivity index (χ3n) is 2.75. The van der Waals surface area contributed by atoms with Crippen LogP contribution in [0.3, 0.4) is 0 Å². The van der Waals surface area contributed by atoms with Crippen molar-refractivity contribution >= 4 is 11.7 Å². The molecule has 0 amide bonds. The molecule has 4 heteroatoms. The first-order valence-electron chi connectivity index (χ1n) is 5.83. The zero-order valence-corrected chi connectivity index (χ0v) is 10.2. The minimum Gasteiger partial charge on any atom is -0.486 e. The van der Waals surface area contributed by atoms with Gasteiger partial charge in [-0.15, -0.1) is 0 Å². The van der Waals surface area contributed by atoms with Crippen molar-refractivity contribution in [3.63, 3.8) is 0 Å².